The molecule has 1 unspecified atom stereocenters. The number of likely N-dealkylation sites (tertiary alicyclic amines) is 1. The summed E-state index contributed by atoms with van der Waals surface area (Å²) in [6.07, 6.45) is 4.11. The average Bonchev–Trinajstić information content (AvgIpc) is 3.16. The van der Waals surface area contributed by atoms with Crippen molar-refractivity contribution >= 4 is 17.7 Å². The van der Waals surface area contributed by atoms with Crippen LogP contribution in [-0.4, -0.2) is 48.7 Å². The number of halogens is 2. The van der Waals surface area contributed by atoms with E-state index in [0.717, 1.165) is 43.4 Å². The van der Waals surface area contributed by atoms with E-state index in [0.29, 0.717) is 30.2 Å². The van der Waals surface area contributed by atoms with Gasteiger partial charge in [-0.25, -0.2) is 9.18 Å². The zero-order valence-corrected chi connectivity index (χ0v) is 22.4. The lowest BCUT2D eigenvalue weighted by Gasteiger charge is -2.30. The number of rotatable bonds is 6. The van der Waals surface area contributed by atoms with Crippen molar-refractivity contribution in [1.29, 1.82) is 0 Å². The molecular formula is C29H37ClFNO4. The summed E-state index contributed by atoms with van der Waals surface area (Å²) in [6.45, 7) is 9.64. The predicted molar refractivity (Wildman–Crippen MR) is 140 cm³/mol. The number of benzene rings is 2. The fourth-order valence-corrected chi connectivity index (χ4v) is 5.23. The number of carbonyl (C=O) groups is 1. The van der Waals surface area contributed by atoms with Crippen LogP contribution >= 0.6 is 11.6 Å². The van der Waals surface area contributed by atoms with Crippen molar-refractivity contribution in [2.24, 2.45) is 5.41 Å². The number of hydrogen-bond donors (Lipinski definition) is 0. The van der Waals surface area contributed by atoms with Crippen LogP contribution in [0.3, 0.4) is 0 Å². The Balaban J connectivity index is 1.48. The van der Waals surface area contributed by atoms with Crippen LogP contribution in [0.15, 0.2) is 42.5 Å². The molecule has 2 saturated heterocycles. The first-order valence-corrected chi connectivity index (χ1v) is 13.2. The van der Waals surface area contributed by atoms with E-state index in [9.17, 15) is 9.18 Å². The molecule has 0 aliphatic carbocycles. The number of carbonyl (C=O) groups excluding carboxylic acids is 1. The van der Waals surface area contributed by atoms with Gasteiger partial charge in [0, 0.05) is 35.2 Å². The lowest BCUT2D eigenvalue weighted by molar-refractivity contribution is -0.176. The third-order valence-corrected chi connectivity index (χ3v) is 7.00. The molecule has 7 heteroatoms. The molecule has 2 aliphatic rings. The van der Waals surface area contributed by atoms with E-state index in [1.54, 1.807) is 12.1 Å². The Kier molecular flexibility index (Phi) is 8.28. The Bertz CT molecular complexity index is 1050. The highest BCUT2D eigenvalue weighted by Crippen LogP contribution is 2.38. The fraction of sp³-hybridized carbons (Fsp3) is 0.552. The highest BCUT2D eigenvalue weighted by Gasteiger charge is 2.45. The molecule has 0 N–H and O–H groups in total. The summed E-state index contributed by atoms with van der Waals surface area (Å²) in [5.41, 5.74) is 1.53. The van der Waals surface area contributed by atoms with Crippen molar-refractivity contribution in [3.63, 3.8) is 0 Å². The van der Waals surface area contributed by atoms with E-state index in [2.05, 4.69) is 6.92 Å². The smallest absolute Gasteiger partial charge is 0.410 e. The van der Waals surface area contributed by atoms with Gasteiger partial charge in [0.2, 0.25) is 0 Å². The first-order chi connectivity index (χ1) is 17.0. The standard InChI is InChI=1S/C29H37ClFNO4/c1-28(2,3)36-27(33)32-18-29(4,19-35-26-7-5-6-14-34-26)17-23(32)15-20-8-10-21(11-9-20)24-16-22(30)12-13-25(24)31/h8-13,16,23,26H,5-7,14-15,17-19H2,1-4H3/t23-,26?,29-/m1/s1. The van der Waals surface area contributed by atoms with Gasteiger partial charge in [-0.15, -0.1) is 0 Å². The Morgan fingerprint density at radius 2 is 1.94 bits per heavy atom. The van der Waals surface area contributed by atoms with Crippen LogP contribution in [0.5, 0.6) is 0 Å². The van der Waals surface area contributed by atoms with E-state index in [4.69, 9.17) is 25.8 Å². The molecule has 2 aromatic rings. The Morgan fingerprint density at radius 1 is 1.19 bits per heavy atom. The van der Waals surface area contributed by atoms with Crippen LogP contribution in [0.4, 0.5) is 9.18 Å². The van der Waals surface area contributed by atoms with E-state index < -0.39 is 5.60 Å². The molecule has 2 fully saturated rings. The van der Waals surface area contributed by atoms with Crippen LogP contribution in [0.1, 0.15) is 58.9 Å². The minimum Gasteiger partial charge on any atom is -0.444 e. The highest BCUT2D eigenvalue weighted by atomic mass is 35.5. The summed E-state index contributed by atoms with van der Waals surface area (Å²) in [4.78, 5) is 15.0. The maximum absolute atomic E-state index is 14.3. The summed E-state index contributed by atoms with van der Waals surface area (Å²) in [5, 5.41) is 0.495. The highest BCUT2D eigenvalue weighted by molar-refractivity contribution is 6.30. The molecule has 2 heterocycles. The van der Waals surface area contributed by atoms with Crippen LogP contribution < -0.4 is 0 Å². The van der Waals surface area contributed by atoms with Crippen LogP contribution in [0, 0.1) is 11.2 Å². The zero-order chi connectivity index (χ0) is 25.9. The van der Waals surface area contributed by atoms with Crippen LogP contribution in [-0.2, 0) is 20.6 Å². The maximum Gasteiger partial charge on any atom is 0.410 e. The summed E-state index contributed by atoms with van der Waals surface area (Å²) >= 11 is 6.07. The molecular weight excluding hydrogens is 481 g/mol. The number of hydrogen-bond acceptors (Lipinski definition) is 4. The van der Waals surface area contributed by atoms with Gasteiger partial charge >= 0.3 is 6.09 Å². The van der Waals surface area contributed by atoms with Gasteiger partial charge in [-0.1, -0.05) is 42.8 Å². The predicted octanol–water partition coefficient (Wildman–Crippen LogP) is 7.25. The minimum absolute atomic E-state index is 0.0329. The summed E-state index contributed by atoms with van der Waals surface area (Å²) in [5.74, 6) is -0.309. The van der Waals surface area contributed by atoms with Crippen LogP contribution in [0.2, 0.25) is 5.02 Å². The van der Waals surface area contributed by atoms with E-state index in [1.165, 1.54) is 6.07 Å². The quantitative estimate of drug-likeness (QED) is 0.405. The Labute approximate surface area is 218 Å². The Morgan fingerprint density at radius 3 is 2.61 bits per heavy atom. The maximum atomic E-state index is 14.3. The van der Waals surface area contributed by atoms with Gasteiger partial charge in [-0.05, 0) is 82.2 Å². The van der Waals surface area contributed by atoms with Gasteiger partial charge in [0.15, 0.2) is 6.29 Å². The average molecular weight is 518 g/mol. The van der Waals surface area contributed by atoms with Crippen molar-refractivity contribution in [3.05, 3.63) is 58.9 Å². The van der Waals surface area contributed by atoms with Gasteiger partial charge in [0.1, 0.15) is 11.4 Å². The number of nitrogens with zero attached hydrogens (tertiary/aromatic N) is 1. The summed E-state index contributed by atoms with van der Waals surface area (Å²) < 4.78 is 31.9. The second-order valence-electron chi connectivity index (χ2n) is 11.4. The third-order valence-electron chi connectivity index (χ3n) is 6.77. The molecule has 196 valence electrons. The molecule has 0 aromatic heterocycles. The largest absolute Gasteiger partial charge is 0.444 e. The zero-order valence-electron chi connectivity index (χ0n) is 21.7. The van der Waals surface area contributed by atoms with Gasteiger partial charge in [-0.2, -0.15) is 0 Å². The molecule has 2 aromatic carbocycles. The lowest BCUT2D eigenvalue weighted by Crippen LogP contribution is -2.41. The SMILES string of the molecule is CC(C)(C)OC(=O)N1C[C@](C)(COC2CCCCO2)C[C@H]1Cc1ccc(-c2cc(Cl)ccc2F)cc1. The third kappa shape index (κ3) is 6.99. The molecule has 0 bridgehead atoms. The van der Waals surface area contributed by atoms with E-state index in [-0.39, 0.29) is 29.7 Å². The second-order valence-corrected chi connectivity index (χ2v) is 11.8. The van der Waals surface area contributed by atoms with E-state index >= 15 is 0 Å². The molecule has 0 spiro atoms. The Hall–Kier alpha value is -2.15. The monoisotopic (exact) mass is 517 g/mol. The molecule has 1 amide bonds. The molecule has 36 heavy (non-hydrogen) atoms. The van der Waals surface area contributed by atoms with Gasteiger partial charge in [0.25, 0.3) is 0 Å². The molecule has 0 radical (unpaired) electrons. The van der Waals surface area contributed by atoms with Gasteiger partial charge < -0.3 is 19.1 Å². The second kappa shape index (κ2) is 11.1. The van der Waals surface area contributed by atoms with Crippen LogP contribution in [0.25, 0.3) is 11.1 Å². The normalized spacial score (nSPS) is 24.7. The van der Waals surface area contributed by atoms with Crippen molar-refractivity contribution in [1.82, 2.24) is 4.90 Å². The molecule has 4 rings (SSSR count). The molecule has 5 nitrogen and oxygen atoms in total. The first-order valence-electron chi connectivity index (χ1n) is 12.8. The molecule has 3 atom stereocenters. The van der Waals surface area contributed by atoms with Gasteiger partial charge in [-0.3, -0.25) is 0 Å². The lowest BCUT2D eigenvalue weighted by atomic mass is 9.87. The number of amides is 1. The first kappa shape index (κ1) is 26.9. The molecule has 2 aliphatic heterocycles. The van der Waals surface area contributed by atoms with Crippen molar-refractivity contribution < 1.29 is 23.4 Å². The van der Waals surface area contributed by atoms with Crippen molar-refractivity contribution in [2.45, 2.75) is 77.7 Å². The fourth-order valence-electron chi connectivity index (χ4n) is 5.05. The van der Waals surface area contributed by atoms with Crippen molar-refractivity contribution in [3.8, 4) is 11.1 Å². The summed E-state index contributed by atoms with van der Waals surface area (Å²) in [6, 6.07) is 12.3. The van der Waals surface area contributed by atoms with E-state index in [1.807, 2.05) is 49.9 Å². The topological polar surface area (TPSA) is 48.0 Å². The van der Waals surface area contributed by atoms with Crippen molar-refractivity contribution in [2.75, 3.05) is 19.8 Å². The number of ether oxygens (including phenoxy) is 3. The summed E-state index contributed by atoms with van der Waals surface area (Å²) in [7, 11) is 0. The minimum atomic E-state index is -0.574. The molecule has 0 saturated carbocycles. The van der Waals surface area contributed by atoms with Gasteiger partial charge in [0.05, 0.1) is 6.61 Å².